The van der Waals surface area contributed by atoms with Gasteiger partial charge in [-0.15, -0.1) is 0 Å². The normalized spacial score (nSPS) is 18.2. The van der Waals surface area contributed by atoms with E-state index in [4.69, 9.17) is 9.47 Å². The summed E-state index contributed by atoms with van der Waals surface area (Å²) < 4.78 is 21.8. The Bertz CT molecular complexity index is 287. The Labute approximate surface area is 116 Å². The number of methoxy groups -OCH3 is 1. The fourth-order valence-corrected chi connectivity index (χ4v) is 4.19. The predicted octanol–water partition coefficient (Wildman–Crippen LogP) is 2.79. The average Bonchev–Trinajstić information content (AvgIpc) is 2.24. The van der Waals surface area contributed by atoms with Crippen LogP contribution in [0.3, 0.4) is 0 Å². The minimum Gasteiger partial charge on any atom is -0.464 e. The highest BCUT2D eigenvalue weighted by Crippen LogP contribution is 2.50. The topological polar surface area (TPSA) is 64.6 Å². The Balaban J connectivity index is 4.09. The van der Waals surface area contributed by atoms with Gasteiger partial charge in [0.15, 0.2) is 0 Å². The van der Waals surface area contributed by atoms with Gasteiger partial charge in [0.05, 0.1) is 6.61 Å². The van der Waals surface area contributed by atoms with Crippen LogP contribution in [0.4, 0.5) is 0 Å². The molecule has 0 heterocycles. The molecule has 0 amide bonds. The fourth-order valence-electron chi connectivity index (χ4n) is 1.01. The van der Waals surface area contributed by atoms with E-state index in [0.717, 1.165) is 6.42 Å². The first-order valence-electron chi connectivity index (χ1n) is 5.54. The lowest BCUT2D eigenvalue weighted by molar-refractivity contribution is -0.146. The van der Waals surface area contributed by atoms with Crippen molar-refractivity contribution in [2.24, 2.45) is 5.92 Å². The van der Waals surface area contributed by atoms with Crippen molar-refractivity contribution in [3.05, 3.63) is 0 Å². The smallest absolute Gasteiger partial charge is 0.323 e. The molecule has 0 spiro atoms. The minimum absolute atomic E-state index is 0.0938. The molecule has 0 fully saturated rings. The number of hydrogen-bond acceptors (Lipinski definition) is 4. The second-order valence-corrected chi connectivity index (χ2v) is 10.6. The van der Waals surface area contributed by atoms with Gasteiger partial charge in [0.25, 0.3) is 0 Å². The molecule has 0 saturated carbocycles. The molecule has 0 saturated heterocycles. The molecule has 0 bridgehead atoms. The highest BCUT2D eigenvalue weighted by molar-refractivity contribution is 14.2. The van der Waals surface area contributed by atoms with Crippen molar-refractivity contribution in [1.29, 1.82) is 0 Å². The second kappa shape index (κ2) is 8.45. The SMILES string of the molecule is CCC(C)COC(=O)C(C)NP(=O)(I)COC. The Kier molecular flexibility index (Phi) is 8.63. The van der Waals surface area contributed by atoms with Crippen LogP contribution in [0.2, 0.25) is 0 Å². The van der Waals surface area contributed by atoms with Crippen molar-refractivity contribution >= 4 is 32.9 Å². The lowest BCUT2D eigenvalue weighted by Gasteiger charge is -2.18. The van der Waals surface area contributed by atoms with Crippen molar-refractivity contribution in [2.75, 3.05) is 20.1 Å². The van der Waals surface area contributed by atoms with Crippen molar-refractivity contribution < 1.29 is 18.8 Å². The van der Waals surface area contributed by atoms with Crippen LogP contribution in [0.1, 0.15) is 27.2 Å². The number of carbonyl (C=O) groups excluding carboxylic acids is 1. The molecule has 3 atom stereocenters. The van der Waals surface area contributed by atoms with Crippen molar-refractivity contribution in [3.63, 3.8) is 0 Å². The number of carbonyl (C=O) groups is 1. The Morgan fingerprint density at radius 3 is 2.53 bits per heavy atom. The molecule has 0 aromatic heterocycles. The summed E-state index contributed by atoms with van der Waals surface area (Å²) in [5.41, 5.74) is 0. The van der Waals surface area contributed by atoms with Crippen LogP contribution in [0.15, 0.2) is 0 Å². The molecule has 0 radical (unpaired) electrons. The summed E-state index contributed by atoms with van der Waals surface area (Å²) in [5.74, 6) is -0.0326. The maximum atomic E-state index is 11.9. The van der Waals surface area contributed by atoms with E-state index in [9.17, 15) is 9.36 Å². The number of ether oxygens (including phenoxy) is 2. The molecule has 17 heavy (non-hydrogen) atoms. The van der Waals surface area contributed by atoms with E-state index >= 15 is 0 Å². The molecular weight excluding hydrogens is 356 g/mol. The minimum atomic E-state index is -2.66. The fraction of sp³-hybridized carbons (Fsp3) is 0.900. The average molecular weight is 377 g/mol. The van der Waals surface area contributed by atoms with Gasteiger partial charge in [-0.3, -0.25) is 9.36 Å². The van der Waals surface area contributed by atoms with E-state index in [1.807, 2.05) is 13.8 Å². The highest BCUT2D eigenvalue weighted by Gasteiger charge is 2.25. The number of esters is 1. The largest absolute Gasteiger partial charge is 0.464 e. The first kappa shape index (κ1) is 17.4. The van der Waals surface area contributed by atoms with E-state index in [-0.39, 0.29) is 12.3 Å². The molecule has 0 rings (SSSR count). The van der Waals surface area contributed by atoms with Gasteiger partial charge >= 0.3 is 5.97 Å². The first-order valence-corrected chi connectivity index (χ1v) is 10.2. The third-order valence-electron chi connectivity index (χ3n) is 2.24. The second-order valence-electron chi connectivity index (χ2n) is 4.06. The van der Waals surface area contributed by atoms with Crippen LogP contribution in [0, 0.1) is 5.92 Å². The summed E-state index contributed by atoms with van der Waals surface area (Å²) >= 11 is 1.79. The zero-order valence-corrected chi connectivity index (χ0v) is 13.8. The van der Waals surface area contributed by atoms with Crippen LogP contribution in [-0.4, -0.2) is 32.1 Å². The number of rotatable bonds is 8. The van der Waals surface area contributed by atoms with Gasteiger partial charge in [-0.1, -0.05) is 20.3 Å². The number of halogens is 1. The lowest BCUT2D eigenvalue weighted by Crippen LogP contribution is -2.33. The first-order chi connectivity index (χ1) is 7.82. The van der Waals surface area contributed by atoms with E-state index < -0.39 is 11.0 Å². The molecule has 0 aliphatic rings. The monoisotopic (exact) mass is 377 g/mol. The maximum absolute atomic E-state index is 11.9. The van der Waals surface area contributed by atoms with Gasteiger partial charge < -0.3 is 9.47 Å². The summed E-state index contributed by atoms with van der Waals surface area (Å²) in [5, 5.41) is 2.74. The molecule has 3 unspecified atom stereocenters. The van der Waals surface area contributed by atoms with Crippen molar-refractivity contribution in [1.82, 2.24) is 5.09 Å². The summed E-state index contributed by atoms with van der Waals surface area (Å²) in [6.45, 7) is 6.09. The summed E-state index contributed by atoms with van der Waals surface area (Å²) in [7, 11) is 1.47. The van der Waals surface area contributed by atoms with Crippen LogP contribution < -0.4 is 5.09 Å². The van der Waals surface area contributed by atoms with Crippen molar-refractivity contribution in [2.45, 2.75) is 33.2 Å². The quantitative estimate of drug-likeness (QED) is 0.400. The van der Waals surface area contributed by atoms with E-state index in [0.29, 0.717) is 12.5 Å². The third-order valence-corrected chi connectivity index (χ3v) is 5.28. The molecule has 0 aliphatic carbocycles. The van der Waals surface area contributed by atoms with Crippen molar-refractivity contribution in [3.8, 4) is 0 Å². The predicted molar refractivity (Wildman–Crippen MR) is 76.5 cm³/mol. The molecule has 0 aliphatic heterocycles. The maximum Gasteiger partial charge on any atom is 0.323 e. The molecule has 7 heteroatoms. The summed E-state index contributed by atoms with van der Waals surface area (Å²) in [6, 6.07) is -0.586. The highest BCUT2D eigenvalue weighted by atomic mass is 127. The molecule has 0 aromatic carbocycles. The van der Waals surface area contributed by atoms with Crippen LogP contribution in [-0.2, 0) is 18.8 Å². The van der Waals surface area contributed by atoms with Crippen LogP contribution in [0.5, 0.6) is 0 Å². The van der Waals surface area contributed by atoms with Gasteiger partial charge in [-0.25, -0.2) is 5.09 Å². The Hall–Kier alpha value is 0.350. The standard InChI is InChI=1S/C10H21INO4P/c1-5-8(2)6-16-10(13)9(3)12-17(11,14)7-15-4/h8-9H,5-7H2,1-4H3,(H,12,14). The van der Waals surface area contributed by atoms with Crippen LogP contribution in [0.25, 0.3) is 0 Å². The molecule has 1 N–H and O–H groups in total. The van der Waals surface area contributed by atoms with E-state index in [2.05, 4.69) is 5.09 Å². The zero-order chi connectivity index (χ0) is 13.5. The van der Waals surface area contributed by atoms with E-state index in [1.54, 1.807) is 29.0 Å². The number of nitrogens with one attached hydrogen (secondary N) is 1. The number of hydrogen-bond donors (Lipinski definition) is 1. The molecule has 5 nitrogen and oxygen atoms in total. The Morgan fingerprint density at radius 2 is 2.06 bits per heavy atom. The summed E-state index contributed by atoms with van der Waals surface area (Å²) in [6.07, 6.45) is 1.06. The van der Waals surface area contributed by atoms with Gasteiger partial charge in [0.1, 0.15) is 12.4 Å². The van der Waals surface area contributed by atoms with Gasteiger partial charge in [0.2, 0.25) is 4.94 Å². The van der Waals surface area contributed by atoms with Gasteiger partial charge in [-0.05, 0) is 12.8 Å². The lowest BCUT2D eigenvalue weighted by atomic mass is 10.1. The molecule has 0 aromatic rings. The third kappa shape index (κ3) is 8.13. The van der Waals surface area contributed by atoms with E-state index in [1.165, 1.54) is 7.11 Å². The Morgan fingerprint density at radius 1 is 1.47 bits per heavy atom. The van der Waals surface area contributed by atoms with Gasteiger partial charge in [0, 0.05) is 29.2 Å². The zero-order valence-electron chi connectivity index (χ0n) is 10.7. The van der Waals surface area contributed by atoms with Gasteiger partial charge in [-0.2, -0.15) is 0 Å². The van der Waals surface area contributed by atoms with Crippen LogP contribution >= 0.6 is 27.0 Å². The molecular formula is C10H21INO4P. The molecule has 102 valence electrons. The summed E-state index contributed by atoms with van der Waals surface area (Å²) in [4.78, 5) is 8.94.